The van der Waals surface area contributed by atoms with Crippen molar-refractivity contribution in [2.24, 2.45) is 21.7 Å². The summed E-state index contributed by atoms with van der Waals surface area (Å²) in [6.07, 6.45) is 3.71. The summed E-state index contributed by atoms with van der Waals surface area (Å²) in [5.41, 5.74) is -1.61. The van der Waals surface area contributed by atoms with E-state index in [-0.39, 0.29) is 80.6 Å². The predicted octanol–water partition coefficient (Wildman–Crippen LogP) is 6.73. The molecule has 0 aliphatic heterocycles. The molecular formula is C30H57O8Y-. The monoisotopic (exact) mass is 634 g/mol. The van der Waals surface area contributed by atoms with E-state index in [2.05, 4.69) is 11.7 Å². The molecule has 0 rings (SSSR count). The molecule has 0 aromatic heterocycles. The number of hydrogen-bond donors (Lipinski definition) is 0. The summed E-state index contributed by atoms with van der Waals surface area (Å²) in [6.45, 7) is 26.9. The minimum absolute atomic E-state index is 0. The van der Waals surface area contributed by atoms with Gasteiger partial charge in [-0.1, -0.05) is 27.7 Å². The molecule has 9 heteroatoms. The molecular weight excluding hydrogens is 577 g/mol. The second kappa shape index (κ2) is 21.7. The van der Waals surface area contributed by atoms with E-state index in [4.69, 9.17) is 14.2 Å². The third-order valence-corrected chi connectivity index (χ3v) is 6.86. The van der Waals surface area contributed by atoms with E-state index in [0.717, 1.165) is 12.8 Å². The second-order valence-electron chi connectivity index (χ2n) is 11.7. The van der Waals surface area contributed by atoms with Gasteiger partial charge in [0.15, 0.2) is 0 Å². The molecule has 0 unspecified atom stereocenters. The van der Waals surface area contributed by atoms with Crippen molar-refractivity contribution in [1.29, 1.82) is 0 Å². The van der Waals surface area contributed by atoms with Gasteiger partial charge < -0.3 is 25.9 Å². The van der Waals surface area contributed by atoms with Crippen molar-refractivity contribution in [1.82, 2.24) is 0 Å². The first-order valence-electron chi connectivity index (χ1n) is 13.6. The van der Waals surface area contributed by atoms with E-state index < -0.39 is 10.8 Å². The Balaban J connectivity index is -0.000000251. The first-order valence-corrected chi connectivity index (χ1v) is 13.6. The van der Waals surface area contributed by atoms with Crippen molar-refractivity contribution < 1.29 is 70.8 Å². The van der Waals surface area contributed by atoms with Gasteiger partial charge in [-0.15, -0.1) is 6.42 Å². The number of carbonyl (C=O) groups is 4. The van der Waals surface area contributed by atoms with Crippen LogP contribution >= 0.6 is 0 Å². The van der Waals surface area contributed by atoms with Crippen molar-refractivity contribution in [3.8, 4) is 0 Å². The largest absolute Gasteiger partial charge is 0.469 e. The minimum Gasteiger partial charge on any atom is -0.469 e. The number of rotatable bonds is 13. The Labute approximate surface area is 264 Å². The Bertz CT molecular complexity index is 682. The van der Waals surface area contributed by atoms with Gasteiger partial charge in [-0.3, -0.25) is 19.2 Å². The first kappa shape index (κ1) is 45.0. The molecule has 0 aromatic carbocycles. The van der Waals surface area contributed by atoms with Crippen LogP contribution in [0.1, 0.15) is 115 Å². The van der Waals surface area contributed by atoms with Gasteiger partial charge >= 0.3 is 23.9 Å². The second-order valence-corrected chi connectivity index (χ2v) is 11.7. The number of methoxy groups -OCH3 is 1. The van der Waals surface area contributed by atoms with Crippen molar-refractivity contribution in [2.75, 3.05) is 26.9 Å². The maximum Gasteiger partial charge on any atom is 0.311 e. The molecule has 1 radical (unpaired) electrons. The molecule has 0 bridgehead atoms. The first-order chi connectivity index (χ1) is 17.3. The van der Waals surface area contributed by atoms with Gasteiger partial charge in [0.2, 0.25) is 0 Å². The third-order valence-electron chi connectivity index (χ3n) is 6.86. The van der Waals surface area contributed by atoms with E-state index >= 15 is 0 Å². The summed E-state index contributed by atoms with van der Waals surface area (Å²) in [5, 5.41) is 0. The summed E-state index contributed by atoms with van der Waals surface area (Å²) in [7, 11) is 1.42. The fraction of sp³-hybridized carbons (Fsp3) is 0.833. The number of hydrogen-bond acceptors (Lipinski definition) is 8. The molecule has 0 saturated heterocycles. The molecule has 0 saturated carbocycles. The van der Waals surface area contributed by atoms with E-state index in [1.54, 1.807) is 0 Å². The van der Waals surface area contributed by atoms with Crippen LogP contribution in [0.25, 0.3) is 0 Å². The molecule has 0 aliphatic carbocycles. The molecule has 229 valence electrons. The minimum atomic E-state index is -0.479. The molecule has 0 spiro atoms. The van der Waals surface area contributed by atoms with Crippen LogP contribution in [0.5, 0.6) is 0 Å². The fourth-order valence-corrected chi connectivity index (χ4v) is 1.87. The predicted molar refractivity (Wildman–Crippen MR) is 151 cm³/mol. The van der Waals surface area contributed by atoms with Gasteiger partial charge in [-0.2, -0.15) is 0 Å². The van der Waals surface area contributed by atoms with E-state index in [0.29, 0.717) is 25.9 Å². The summed E-state index contributed by atoms with van der Waals surface area (Å²) in [5.74, 6) is -0.764. The molecule has 0 fully saturated rings. The zero-order valence-corrected chi connectivity index (χ0v) is 30.0. The van der Waals surface area contributed by atoms with Gasteiger partial charge in [0.1, 0.15) is 13.2 Å². The maximum absolute atomic E-state index is 11.6. The number of ether oxygens (including phenoxy) is 4. The SMILES string of the molecule is CCC(C)(C)C(=O)OC.CCC(C)(C)C(=O)OCCOC(=O)C(C)(C)CC.[CH2-]CCOC(=O)C(C)(C)CC.[Y]. The van der Waals surface area contributed by atoms with Gasteiger partial charge in [-0.25, -0.2) is 0 Å². The van der Waals surface area contributed by atoms with Crippen LogP contribution in [-0.4, -0.2) is 50.8 Å². The molecule has 0 amide bonds. The summed E-state index contributed by atoms with van der Waals surface area (Å²) in [6, 6.07) is 0. The van der Waals surface area contributed by atoms with Crippen molar-refractivity contribution in [3.63, 3.8) is 0 Å². The van der Waals surface area contributed by atoms with Crippen LogP contribution in [0.3, 0.4) is 0 Å². The number of carbonyl (C=O) groups excluding carboxylic acids is 4. The Kier molecular flexibility index (Phi) is 25.0. The van der Waals surface area contributed by atoms with Crippen LogP contribution in [-0.2, 0) is 70.8 Å². The van der Waals surface area contributed by atoms with Crippen molar-refractivity contribution in [3.05, 3.63) is 6.92 Å². The average molecular weight is 635 g/mol. The fourth-order valence-electron chi connectivity index (χ4n) is 1.87. The maximum atomic E-state index is 11.6. The summed E-state index contributed by atoms with van der Waals surface area (Å²) >= 11 is 0. The van der Waals surface area contributed by atoms with Gasteiger partial charge in [-0.05, 0) is 81.1 Å². The van der Waals surface area contributed by atoms with Crippen molar-refractivity contribution >= 4 is 23.9 Å². The van der Waals surface area contributed by atoms with E-state index in [1.165, 1.54) is 7.11 Å². The van der Waals surface area contributed by atoms with Crippen LogP contribution in [0, 0.1) is 28.6 Å². The van der Waals surface area contributed by atoms with Crippen LogP contribution in [0.15, 0.2) is 0 Å². The smallest absolute Gasteiger partial charge is 0.311 e. The third kappa shape index (κ3) is 19.7. The van der Waals surface area contributed by atoms with Gasteiger partial charge in [0.25, 0.3) is 0 Å². The number of esters is 4. The topological polar surface area (TPSA) is 105 Å². The Morgan fingerprint density at radius 1 is 0.513 bits per heavy atom. The summed E-state index contributed by atoms with van der Waals surface area (Å²) < 4.78 is 19.7. The van der Waals surface area contributed by atoms with E-state index in [1.807, 2.05) is 83.1 Å². The van der Waals surface area contributed by atoms with Crippen LogP contribution in [0.4, 0.5) is 0 Å². The van der Waals surface area contributed by atoms with Gasteiger partial charge in [0, 0.05) is 32.7 Å². The molecule has 0 N–H and O–H groups in total. The van der Waals surface area contributed by atoms with E-state index in [9.17, 15) is 19.2 Å². The standard InChI is InChI=1S/C14H26O4.C9H17O2.C7H14O2.Y/c1-7-13(3,4)11(15)17-9-10-18-12(16)14(5,6)8-2;1-5-7-11-8(10)9(3,4)6-2;1-5-7(2,3)6(8)9-4;/h7-10H2,1-6H3;1,5-7H2,2-4H3;5H2,1-4H3;/q;-1;;. The molecule has 0 aliphatic rings. The molecule has 0 atom stereocenters. The molecule has 0 aromatic rings. The Morgan fingerprint density at radius 3 is 0.923 bits per heavy atom. The molecule has 0 heterocycles. The quantitative estimate of drug-likeness (QED) is 0.0951. The Hall–Kier alpha value is -1.02. The zero-order valence-electron chi connectivity index (χ0n) is 27.2. The summed E-state index contributed by atoms with van der Waals surface area (Å²) in [4.78, 5) is 45.3. The average Bonchev–Trinajstić information content (AvgIpc) is 2.89. The van der Waals surface area contributed by atoms with Crippen molar-refractivity contribution in [2.45, 2.75) is 115 Å². The normalized spacial score (nSPS) is 11.3. The van der Waals surface area contributed by atoms with Crippen LogP contribution < -0.4 is 0 Å². The molecule has 39 heavy (non-hydrogen) atoms. The van der Waals surface area contributed by atoms with Gasteiger partial charge in [0.05, 0.1) is 35.4 Å². The van der Waals surface area contributed by atoms with Crippen LogP contribution in [0.2, 0.25) is 0 Å². The zero-order chi connectivity index (χ0) is 30.8. The Morgan fingerprint density at radius 2 is 0.744 bits per heavy atom. The molecule has 8 nitrogen and oxygen atoms in total.